The molecule has 1 amide bonds. The first-order valence-electron chi connectivity index (χ1n) is 6.19. The fourth-order valence-electron chi connectivity index (χ4n) is 2.19. The number of rotatable bonds is 4. The Morgan fingerprint density at radius 1 is 1.40 bits per heavy atom. The van der Waals surface area contributed by atoms with E-state index in [0.717, 1.165) is 0 Å². The van der Waals surface area contributed by atoms with E-state index in [2.05, 4.69) is 0 Å². The topological polar surface area (TPSA) is 104 Å². The Hall–Kier alpha value is -1.73. The Balaban J connectivity index is 2.34. The molecule has 20 heavy (non-hydrogen) atoms. The molecule has 1 aromatic rings. The normalized spacial score (nSPS) is 21.9. The molecule has 1 saturated heterocycles. The monoisotopic (exact) mass is 296 g/mol. The molecule has 0 spiro atoms. The highest BCUT2D eigenvalue weighted by Gasteiger charge is 2.42. The molecule has 0 unspecified atom stereocenters. The summed E-state index contributed by atoms with van der Waals surface area (Å²) in [4.78, 5) is 24.7. The number of thioether (sulfide) groups is 1. The van der Waals surface area contributed by atoms with Crippen molar-refractivity contribution in [3.63, 3.8) is 0 Å². The minimum atomic E-state index is -1.04. The smallest absolute Gasteiger partial charge is 0.327 e. The molecule has 0 aromatic heterocycles. The number of phenols is 1. The number of para-hydroxylation sites is 1. The molecule has 2 rings (SSSR count). The molecule has 6 nitrogen and oxygen atoms in total. The number of phenolic OH excluding ortho intramolecular Hbond substituents is 1. The van der Waals surface area contributed by atoms with Crippen LogP contribution in [0.25, 0.3) is 0 Å². The van der Waals surface area contributed by atoms with Gasteiger partial charge in [0.1, 0.15) is 17.2 Å². The van der Waals surface area contributed by atoms with E-state index in [1.165, 1.54) is 22.7 Å². The highest BCUT2D eigenvalue weighted by Crippen LogP contribution is 2.44. The third-order valence-corrected chi connectivity index (χ3v) is 4.44. The van der Waals surface area contributed by atoms with Gasteiger partial charge in [-0.2, -0.15) is 0 Å². The zero-order chi connectivity index (χ0) is 14.7. The first kappa shape index (κ1) is 14.7. The molecule has 7 heteroatoms. The zero-order valence-corrected chi connectivity index (χ0v) is 11.5. The summed E-state index contributed by atoms with van der Waals surface area (Å²) in [6.07, 6.45) is 0.0917. The van der Waals surface area contributed by atoms with Crippen molar-refractivity contribution in [3.8, 4) is 5.75 Å². The Bertz CT molecular complexity index is 523. The van der Waals surface area contributed by atoms with Gasteiger partial charge in [-0.05, 0) is 6.07 Å². The van der Waals surface area contributed by atoms with Gasteiger partial charge < -0.3 is 20.8 Å². The molecular weight excluding hydrogens is 280 g/mol. The van der Waals surface area contributed by atoms with Crippen LogP contribution in [-0.2, 0) is 9.59 Å². The summed E-state index contributed by atoms with van der Waals surface area (Å²) in [6.45, 7) is 0.166. The Labute approximate surface area is 120 Å². The van der Waals surface area contributed by atoms with Gasteiger partial charge in [0.15, 0.2) is 0 Å². The Kier molecular flexibility index (Phi) is 4.51. The lowest BCUT2D eigenvalue weighted by molar-refractivity contribution is -0.149. The summed E-state index contributed by atoms with van der Waals surface area (Å²) in [7, 11) is 0. The summed E-state index contributed by atoms with van der Waals surface area (Å²) < 4.78 is 0. The molecule has 1 fully saturated rings. The number of carbonyl (C=O) groups is 2. The van der Waals surface area contributed by atoms with E-state index in [1.807, 2.05) is 0 Å². The second kappa shape index (κ2) is 6.15. The fraction of sp³-hybridized carbons (Fsp3) is 0.385. The van der Waals surface area contributed by atoms with Crippen molar-refractivity contribution < 1.29 is 19.8 Å². The Morgan fingerprint density at radius 3 is 2.70 bits per heavy atom. The fourth-order valence-corrected chi connectivity index (χ4v) is 3.66. The lowest BCUT2D eigenvalue weighted by atomic mass is 10.1. The number of hydrogen-bond donors (Lipinski definition) is 3. The van der Waals surface area contributed by atoms with E-state index in [-0.39, 0.29) is 24.6 Å². The van der Waals surface area contributed by atoms with Crippen LogP contribution in [0.4, 0.5) is 0 Å². The van der Waals surface area contributed by atoms with E-state index in [1.54, 1.807) is 18.2 Å². The molecule has 4 N–H and O–H groups in total. The van der Waals surface area contributed by atoms with Crippen molar-refractivity contribution in [1.29, 1.82) is 0 Å². The van der Waals surface area contributed by atoms with Gasteiger partial charge in [0.2, 0.25) is 5.91 Å². The van der Waals surface area contributed by atoms with Crippen molar-refractivity contribution >= 4 is 23.6 Å². The summed E-state index contributed by atoms with van der Waals surface area (Å²) in [6, 6.07) is 5.76. The second-order valence-electron chi connectivity index (χ2n) is 4.44. The molecule has 0 radical (unpaired) electrons. The van der Waals surface area contributed by atoms with E-state index >= 15 is 0 Å². The van der Waals surface area contributed by atoms with E-state index in [9.17, 15) is 19.8 Å². The minimum Gasteiger partial charge on any atom is -0.508 e. The van der Waals surface area contributed by atoms with Gasteiger partial charge in [-0.3, -0.25) is 4.79 Å². The summed E-state index contributed by atoms with van der Waals surface area (Å²) in [5, 5.41) is 18.6. The molecule has 1 aromatic carbocycles. The molecule has 1 heterocycles. The van der Waals surface area contributed by atoms with Gasteiger partial charge in [0.05, 0.1) is 0 Å². The van der Waals surface area contributed by atoms with Crippen LogP contribution < -0.4 is 5.73 Å². The number of carbonyl (C=O) groups excluding carboxylic acids is 1. The number of aliphatic carboxylic acids is 1. The first-order chi connectivity index (χ1) is 9.56. The van der Waals surface area contributed by atoms with Crippen LogP contribution in [0.5, 0.6) is 5.75 Å². The number of amides is 1. The van der Waals surface area contributed by atoms with E-state index < -0.39 is 17.4 Å². The van der Waals surface area contributed by atoms with Gasteiger partial charge >= 0.3 is 5.97 Å². The molecule has 0 saturated carbocycles. The molecule has 0 aliphatic carbocycles. The van der Waals surface area contributed by atoms with Crippen molar-refractivity contribution in [3.05, 3.63) is 29.8 Å². The van der Waals surface area contributed by atoms with Gasteiger partial charge in [0.25, 0.3) is 0 Å². The lowest BCUT2D eigenvalue weighted by Crippen LogP contribution is -2.43. The standard InChI is InChI=1S/C13H16N2O4S/c14-6-5-11(17)15-9(13(18)19)7-20-12(15)8-3-1-2-4-10(8)16/h1-4,9,12,16H,5-7,14H2,(H,18,19)/t9-,12+/m0/s1. The summed E-state index contributed by atoms with van der Waals surface area (Å²) in [5.74, 6) is -0.995. The van der Waals surface area contributed by atoms with Gasteiger partial charge in [-0.1, -0.05) is 18.2 Å². The van der Waals surface area contributed by atoms with Crippen LogP contribution in [0.1, 0.15) is 17.4 Å². The largest absolute Gasteiger partial charge is 0.508 e. The van der Waals surface area contributed by atoms with Crippen LogP contribution in [0, 0.1) is 0 Å². The maximum atomic E-state index is 12.1. The average Bonchev–Trinajstić information content (AvgIpc) is 2.84. The molecule has 108 valence electrons. The highest BCUT2D eigenvalue weighted by atomic mass is 32.2. The average molecular weight is 296 g/mol. The van der Waals surface area contributed by atoms with Crippen molar-refractivity contribution in [2.45, 2.75) is 17.8 Å². The zero-order valence-electron chi connectivity index (χ0n) is 10.7. The third kappa shape index (κ3) is 2.73. The molecule has 1 aliphatic heterocycles. The quantitative estimate of drug-likeness (QED) is 0.758. The lowest BCUT2D eigenvalue weighted by Gasteiger charge is -2.27. The number of hydrogen-bond acceptors (Lipinski definition) is 5. The predicted molar refractivity (Wildman–Crippen MR) is 75.2 cm³/mol. The maximum Gasteiger partial charge on any atom is 0.327 e. The first-order valence-corrected chi connectivity index (χ1v) is 7.24. The Morgan fingerprint density at radius 2 is 2.10 bits per heavy atom. The van der Waals surface area contributed by atoms with Crippen LogP contribution in [0.15, 0.2) is 24.3 Å². The van der Waals surface area contributed by atoms with E-state index in [0.29, 0.717) is 11.3 Å². The van der Waals surface area contributed by atoms with Crippen molar-refractivity contribution in [2.24, 2.45) is 5.73 Å². The SMILES string of the molecule is NCCC(=O)N1[C@@H](c2ccccc2O)SC[C@H]1C(=O)O. The molecular formula is C13H16N2O4S. The number of carboxylic acids is 1. The predicted octanol–water partition coefficient (Wildman–Crippen LogP) is 0.768. The number of aromatic hydroxyl groups is 1. The second-order valence-corrected chi connectivity index (χ2v) is 5.55. The summed E-state index contributed by atoms with van der Waals surface area (Å²) in [5.41, 5.74) is 5.93. The van der Waals surface area contributed by atoms with Crippen LogP contribution in [-0.4, -0.2) is 45.3 Å². The van der Waals surface area contributed by atoms with Crippen LogP contribution >= 0.6 is 11.8 Å². The number of benzene rings is 1. The van der Waals surface area contributed by atoms with Crippen molar-refractivity contribution in [1.82, 2.24) is 4.90 Å². The highest BCUT2D eigenvalue weighted by molar-refractivity contribution is 7.99. The van der Waals surface area contributed by atoms with Crippen LogP contribution in [0.2, 0.25) is 0 Å². The minimum absolute atomic E-state index is 0.0570. The number of nitrogens with zero attached hydrogens (tertiary/aromatic N) is 1. The molecule has 0 bridgehead atoms. The van der Waals surface area contributed by atoms with Crippen LogP contribution in [0.3, 0.4) is 0 Å². The van der Waals surface area contributed by atoms with Gasteiger partial charge in [0, 0.05) is 24.3 Å². The maximum absolute atomic E-state index is 12.1. The van der Waals surface area contributed by atoms with E-state index in [4.69, 9.17) is 5.73 Å². The summed E-state index contributed by atoms with van der Waals surface area (Å²) >= 11 is 1.33. The van der Waals surface area contributed by atoms with Gasteiger partial charge in [-0.15, -0.1) is 11.8 Å². The molecule has 1 aliphatic rings. The number of nitrogens with two attached hydrogens (primary N) is 1. The molecule has 2 atom stereocenters. The van der Waals surface area contributed by atoms with Crippen molar-refractivity contribution in [2.75, 3.05) is 12.3 Å². The third-order valence-electron chi connectivity index (χ3n) is 3.13. The van der Waals surface area contributed by atoms with Gasteiger partial charge in [-0.25, -0.2) is 4.79 Å². The number of carboxylic acid groups (broad SMARTS) is 1.